The lowest BCUT2D eigenvalue weighted by Gasteiger charge is -2.46. The van der Waals surface area contributed by atoms with Crippen LogP contribution in [0.5, 0.6) is 0 Å². The molecule has 2 aliphatic heterocycles. The zero-order chi connectivity index (χ0) is 18.4. The van der Waals surface area contributed by atoms with Crippen molar-refractivity contribution in [2.24, 2.45) is 17.8 Å². The molecule has 2 fully saturated rings. The Labute approximate surface area is 147 Å². The second-order valence-corrected chi connectivity index (χ2v) is 7.61. The molecule has 25 heavy (non-hydrogen) atoms. The third-order valence-electron chi connectivity index (χ3n) is 5.18. The van der Waals surface area contributed by atoms with Crippen LogP contribution in [0.4, 0.5) is 0 Å². The van der Waals surface area contributed by atoms with Crippen molar-refractivity contribution in [3.05, 3.63) is 47.6 Å². The second kappa shape index (κ2) is 6.30. The van der Waals surface area contributed by atoms with E-state index in [1.165, 1.54) is 6.08 Å². The Balaban J connectivity index is 1.93. The predicted octanol–water partition coefficient (Wildman–Crippen LogP) is 2.48. The molecule has 5 nitrogen and oxygen atoms in total. The summed E-state index contributed by atoms with van der Waals surface area (Å²) in [5.74, 6) is -0.711. The maximum atomic E-state index is 12.3. The molecule has 1 saturated carbocycles. The molecule has 0 amide bonds. The summed E-state index contributed by atoms with van der Waals surface area (Å²) in [7, 11) is 0. The Morgan fingerprint density at radius 2 is 2.00 bits per heavy atom. The fourth-order valence-electron chi connectivity index (χ4n) is 3.87. The first-order valence-corrected chi connectivity index (χ1v) is 8.54. The van der Waals surface area contributed by atoms with Gasteiger partial charge in [0.25, 0.3) is 0 Å². The molecule has 0 aromatic heterocycles. The van der Waals surface area contributed by atoms with Gasteiger partial charge in [-0.15, -0.1) is 0 Å². The van der Waals surface area contributed by atoms with E-state index in [9.17, 15) is 14.7 Å². The highest BCUT2D eigenvalue weighted by molar-refractivity contribution is 5.90. The van der Waals surface area contributed by atoms with E-state index < -0.39 is 5.60 Å². The van der Waals surface area contributed by atoms with Crippen molar-refractivity contribution in [1.29, 1.82) is 0 Å². The SMILES string of the molecule is C=C1C2COC(=O)/C(=C\C=C\C(C)(C)O)[C@@H]2C[C@@H]2C(C)=CC(=O)O[C@H]12. The van der Waals surface area contributed by atoms with Gasteiger partial charge in [0.1, 0.15) is 6.10 Å². The van der Waals surface area contributed by atoms with Crippen LogP contribution in [0.2, 0.25) is 0 Å². The Bertz CT molecular complexity index is 704. The summed E-state index contributed by atoms with van der Waals surface area (Å²) in [6.07, 6.45) is 6.93. The minimum absolute atomic E-state index is 0.0263. The maximum Gasteiger partial charge on any atom is 0.334 e. The highest BCUT2D eigenvalue weighted by Crippen LogP contribution is 2.48. The molecular weight excluding hydrogens is 320 g/mol. The molecule has 3 aliphatic rings. The molecular formula is C20H24O5. The number of carbonyl (C=O) groups excluding carboxylic acids is 2. The van der Waals surface area contributed by atoms with Gasteiger partial charge in [-0.3, -0.25) is 0 Å². The zero-order valence-corrected chi connectivity index (χ0v) is 14.8. The van der Waals surface area contributed by atoms with Crippen LogP contribution in [-0.2, 0) is 19.1 Å². The van der Waals surface area contributed by atoms with Crippen LogP contribution in [0.1, 0.15) is 27.2 Å². The van der Waals surface area contributed by atoms with Gasteiger partial charge in [0.05, 0.1) is 12.2 Å². The number of rotatable bonds is 2. The number of aliphatic hydroxyl groups is 1. The van der Waals surface area contributed by atoms with Crippen LogP contribution in [-0.4, -0.2) is 35.4 Å². The standard InChI is InChI=1S/C20H24O5/c1-11-8-17(21)25-18-12(2)16-10-24-19(22)13(15(16)9-14(11)18)6-5-7-20(3,4)23/h5-8,14-16,18,23H,2,9-10H2,1,3-4H3/b7-5+,13-6-/t14-,15+,16?,18-/m1/s1. The van der Waals surface area contributed by atoms with E-state index in [0.717, 1.165) is 11.1 Å². The van der Waals surface area contributed by atoms with E-state index in [4.69, 9.17) is 9.47 Å². The molecule has 3 rings (SSSR count). The Morgan fingerprint density at radius 3 is 2.68 bits per heavy atom. The summed E-state index contributed by atoms with van der Waals surface area (Å²) in [6, 6.07) is 0. The van der Waals surface area contributed by atoms with Crippen molar-refractivity contribution in [3.8, 4) is 0 Å². The molecule has 0 bridgehead atoms. The van der Waals surface area contributed by atoms with Gasteiger partial charge in [0.15, 0.2) is 0 Å². The van der Waals surface area contributed by atoms with Crippen LogP contribution in [0.15, 0.2) is 47.6 Å². The lowest BCUT2D eigenvalue weighted by atomic mass is 9.64. The van der Waals surface area contributed by atoms with Gasteiger partial charge in [-0.25, -0.2) is 9.59 Å². The topological polar surface area (TPSA) is 72.8 Å². The summed E-state index contributed by atoms with van der Waals surface area (Å²) in [4.78, 5) is 24.0. The van der Waals surface area contributed by atoms with E-state index in [-0.39, 0.29) is 42.4 Å². The smallest absolute Gasteiger partial charge is 0.334 e. The van der Waals surface area contributed by atoms with E-state index in [1.54, 1.807) is 32.1 Å². The minimum atomic E-state index is -0.951. The van der Waals surface area contributed by atoms with Crippen molar-refractivity contribution in [2.75, 3.05) is 6.61 Å². The quantitative estimate of drug-likeness (QED) is 0.473. The highest BCUT2D eigenvalue weighted by Gasteiger charge is 2.48. The van der Waals surface area contributed by atoms with E-state index in [0.29, 0.717) is 12.0 Å². The average molecular weight is 344 g/mol. The monoisotopic (exact) mass is 344 g/mol. The number of carbonyl (C=O) groups is 2. The van der Waals surface area contributed by atoms with Crippen molar-refractivity contribution < 1.29 is 24.2 Å². The molecule has 2 heterocycles. The first-order chi connectivity index (χ1) is 11.7. The van der Waals surface area contributed by atoms with Crippen molar-refractivity contribution in [1.82, 2.24) is 0 Å². The third-order valence-corrected chi connectivity index (χ3v) is 5.18. The molecule has 0 aromatic carbocycles. The Morgan fingerprint density at radius 1 is 1.28 bits per heavy atom. The van der Waals surface area contributed by atoms with Gasteiger partial charge in [-0.1, -0.05) is 30.4 Å². The number of fused-ring (bicyclic) bond motifs is 2. The third kappa shape index (κ3) is 3.47. The number of cyclic esters (lactones) is 1. The van der Waals surface area contributed by atoms with Gasteiger partial charge in [0.2, 0.25) is 0 Å². The highest BCUT2D eigenvalue weighted by atomic mass is 16.5. The maximum absolute atomic E-state index is 12.3. The molecule has 0 aromatic rings. The van der Waals surface area contributed by atoms with E-state index >= 15 is 0 Å². The van der Waals surface area contributed by atoms with Crippen molar-refractivity contribution in [3.63, 3.8) is 0 Å². The molecule has 1 unspecified atom stereocenters. The number of ether oxygens (including phenoxy) is 2. The first-order valence-electron chi connectivity index (χ1n) is 8.54. The van der Waals surface area contributed by atoms with Crippen molar-refractivity contribution in [2.45, 2.75) is 38.9 Å². The number of allylic oxidation sites excluding steroid dienone is 2. The van der Waals surface area contributed by atoms with Crippen LogP contribution < -0.4 is 0 Å². The van der Waals surface area contributed by atoms with E-state index in [2.05, 4.69) is 6.58 Å². The Hall–Kier alpha value is -2.14. The number of hydrogen-bond acceptors (Lipinski definition) is 5. The first kappa shape index (κ1) is 17.7. The summed E-state index contributed by atoms with van der Waals surface area (Å²) in [5.41, 5.74) is 1.41. The summed E-state index contributed by atoms with van der Waals surface area (Å²) < 4.78 is 10.8. The van der Waals surface area contributed by atoms with Gasteiger partial charge >= 0.3 is 11.9 Å². The Kier molecular flexibility index (Phi) is 4.45. The summed E-state index contributed by atoms with van der Waals surface area (Å²) in [5, 5.41) is 9.80. The number of hydrogen-bond donors (Lipinski definition) is 1. The van der Waals surface area contributed by atoms with Crippen LogP contribution >= 0.6 is 0 Å². The molecule has 5 heteroatoms. The van der Waals surface area contributed by atoms with Crippen LogP contribution in [0.25, 0.3) is 0 Å². The molecule has 1 N–H and O–H groups in total. The summed E-state index contributed by atoms with van der Waals surface area (Å²) >= 11 is 0. The van der Waals surface area contributed by atoms with E-state index in [1.807, 2.05) is 6.92 Å². The lowest BCUT2D eigenvalue weighted by molar-refractivity contribution is -0.152. The summed E-state index contributed by atoms with van der Waals surface area (Å²) in [6.45, 7) is 9.67. The largest absolute Gasteiger partial charge is 0.462 e. The molecule has 1 aliphatic carbocycles. The minimum Gasteiger partial charge on any atom is -0.462 e. The fraction of sp³-hybridized carbons (Fsp3) is 0.500. The average Bonchev–Trinajstić information content (AvgIpc) is 2.50. The van der Waals surface area contributed by atoms with Gasteiger partial charge in [-0.05, 0) is 32.8 Å². The van der Waals surface area contributed by atoms with Gasteiger partial charge < -0.3 is 14.6 Å². The van der Waals surface area contributed by atoms with Crippen LogP contribution in [0.3, 0.4) is 0 Å². The van der Waals surface area contributed by atoms with Gasteiger partial charge in [-0.2, -0.15) is 0 Å². The molecule has 0 radical (unpaired) electrons. The second-order valence-electron chi connectivity index (χ2n) is 7.61. The van der Waals surface area contributed by atoms with Crippen LogP contribution in [0, 0.1) is 17.8 Å². The lowest BCUT2D eigenvalue weighted by Crippen LogP contribution is -2.47. The van der Waals surface area contributed by atoms with Crippen molar-refractivity contribution >= 4 is 11.9 Å². The molecule has 134 valence electrons. The zero-order valence-electron chi connectivity index (χ0n) is 14.8. The fourth-order valence-corrected chi connectivity index (χ4v) is 3.87. The molecule has 0 spiro atoms. The van der Waals surface area contributed by atoms with Gasteiger partial charge in [0, 0.05) is 29.4 Å². The normalized spacial score (nSPS) is 34.3. The predicted molar refractivity (Wildman–Crippen MR) is 92.3 cm³/mol. The molecule has 4 atom stereocenters. The number of esters is 2. The molecule has 1 saturated heterocycles.